The van der Waals surface area contributed by atoms with E-state index in [0.717, 1.165) is 37.0 Å². The second kappa shape index (κ2) is 7.55. The van der Waals surface area contributed by atoms with Crippen LogP contribution < -0.4 is 4.74 Å². The average Bonchev–Trinajstić information content (AvgIpc) is 2.72. The molecule has 0 unspecified atom stereocenters. The van der Waals surface area contributed by atoms with Crippen LogP contribution in [0.3, 0.4) is 0 Å². The molecule has 0 aromatic heterocycles. The van der Waals surface area contributed by atoms with E-state index in [1.54, 1.807) is 19.2 Å². The minimum Gasteiger partial charge on any atom is -0.497 e. The summed E-state index contributed by atoms with van der Waals surface area (Å²) in [6, 6.07) is 13.3. The van der Waals surface area contributed by atoms with E-state index in [-0.39, 0.29) is 17.9 Å². The van der Waals surface area contributed by atoms with Gasteiger partial charge in [-0.2, -0.15) is 0 Å². The summed E-state index contributed by atoms with van der Waals surface area (Å²) in [7, 11) is 1.62. The number of carbonyl (C=O) groups is 1. The molecule has 0 spiro atoms. The molecule has 1 saturated heterocycles. The SMILES string of the molecule is COc1ccc([C@H]2[C@H]3CCCC[C@@]3(O)CCN2C(=O)c2cccc(F)c2)cc1. The maximum absolute atomic E-state index is 13.7. The van der Waals surface area contributed by atoms with Gasteiger partial charge in [-0.25, -0.2) is 4.39 Å². The van der Waals surface area contributed by atoms with Crippen molar-refractivity contribution in [1.82, 2.24) is 4.90 Å². The second-order valence-corrected chi connectivity index (χ2v) is 7.93. The maximum atomic E-state index is 13.7. The standard InChI is InChI=1S/C23H26FNO3/c1-28-19-10-8-16(9-11-19)21-20-7-2-3-12-23(20,27)13-14-25(21)22(26)17-5-4-6-18(24)15-17/h4-6,8-11,15,20-21,27H,2-3,7,12-14H2,1H3/t20-,21+,23-/m1/s1. The Morgan fingerprint density at radius 2 is 1.96 bits per heavy atom. The highest BCUT2D eigenvalue weighted by Gasteiger charge is 2.50. The van der Waals surface area contributed by atoms with Crippen molar-refractivity contribution in [3.63, 3.8) is 0 Å². The Morgan fingerprint density at radius 1 is 1.18 bits per heavy atom. The van der Waals surface area contributed by atoms with Gasteiger partial charge >= 0.3 is 0 Å². The molecule has 1 aliphatic carbocycles. The first-order valence-electron chi connectivity index (χ1n) is 9.95. The van der Waals surface area contributed by atoms with Gasteiger partial charge in [0.1, 0.15) is 11.6 Å². The van der Waals surface area contributed by atoms with Crippen LogP contribution in [0.5, 0.6) is 5.75 Å². The lowest BCUT2D eigenvalue weighted by Crippen LogP contribution is -2.56. The lowest BCUT2D eigenvalue weighted by Gasteiger charge is -2.52. The summed E-state index contributed by atoms with van der Waals surface area (Å²) < 4.78 is 19.0. The molecule has 5 heteroatoms. The minimum atomic E-state index is -0.748. The lowest BCUT2D eigenvalue weighted by atomic mass is 9.66. The van der Waals surface area contributed by atoms with Gasteiger partial charge in [0.05, 0.1) is 18.8 Å². The van der Waals surface area contributed by atoms with Gasteiger partial charge in [0.25, 0.3) is 5.91 Å². The van der Waals surface area contributed by atoms with E-state index in [0.29, 0.717) is 18.5 Å². The van der Waals surface area contributed by atoms with E-state index in [2.05, 4.69) is 0 Å². The number of halogens is 1. The van der Waals surface area contributed by atoms with Crippen molar-refractivity contribution in [2.75, 3.05) is 13.7 Å². The highest BCUT2D eigenvalue weighted by Crippen LogP contribution is 2.49. The Bertz CT molecular complexity index is 853. The smallest absolute Gasteiger partial charge is 0.254 e. The van der Waals surface area contributed by atoms with Gasteiger partial charge in [-0.05, 0) is 55.2 Å². The molecule has 148 valence electrons. The molecule has 0 bridgehead atoms. The summed E-state index contributed by atoms with van der Waals surface area (Å²) in [6.07, 6.45) is 4.26. The van der Waals surface area contributed by atoms with Crippen molar-refractivity contribution in [2.45, 2.75) is 43.7 Å². The molecule has 1 amide bonds. The predicted octanol–water partition coefficient (Wildman–Crippen LogP) is 4.34. The second-order valence-electron chi connectivity index (χ2n) is 7.93. The number of hydrogen-bond acceptors (Lipinski definition) is 3. The Hall–Kier alpha value is -2.40. The molecule has 1 saturated carbocycles. The molecule has 2 fully saturated rings. The van der Waals surface area contributed by atoms with Gasteiger partial charge < -0.3 is 14.7 Å². The molecule has 1 aliphatic heterocycles. The fraction of sp³-hybridized carbons (Fsp3) is 0.435. The van der Waals surface area contributed by atoms with E-state index < -0.39 is 11.4 Å². The molecule has 4 nitrogen and oxygen atoms in total. The first kappa shape index (κ1) is 18.9. The zero-order chi connectivity index (χ0) is 19.7. The monoisotopic (exact) mass is 383 g/mol. The summed E-state index contributed by atoms with van der Waals surface area (Å²) in [5.41, 5.74) is 0.581. The number of ether oxygens (including phenoxy) is 1. The molecule has 1 N–H and O–H groups in total. The lowest BCUT2D eigenvalue weighted by molar-refractivity contribution is -0.115. The number of rotatable bonds is 3. The molecule has 0 radical (unpaired) electrons. The highest BCUT2D eigenvalue weighted by molar-refractivity contribution is 5.94. The average molecular weight is 383 g/mol. The van der Waals surface area contributed by atoms with Crippen molar-refractivity contribution >= 4 is 5.91 Å². The number of likely N-dealkylation sites (tertiary alicyclic amines) is 1. The molecule has 2 aromatic carbocycles. The molecular weight excluding hydrogens is 357 g/mol. The molecule has 3 atom stereocenters. The Morgan fingerprint density at radius 3 is 2.68 bits per heavy atom. The number of hydrogen-bond donors (Lipinski definition) is 1. The third kappa shape index (κ3) is 3.39. The van der Waals surface area contributed by atoms with Crippen molar-refractivity contribution < 1.29 is 19.0 Å². The van der Waals surface area contributed by atoms with Crippen molar-refractivity contribution in [3.05, 3.63) is 65.5 Å². The zero-order valence-corrected chi connectivity index (χ0v) is 16.1. The van der Waals surface area contributed by atoms with E-state index >= 15 is 0 Å². The van der Waals surface area contributed by atoms with Gasteiger partial charge in [-0.1, -0.05) is 31.0 Å². The Labute approximate surface area is 164 Å². The van der Waals surface area contributed by atoms with Crippen LogP contribution in [-0.4, -0.2) is 35.2 Å². The Balaban J connectivity index is 1.74. The van der Waals surface area contributed by atoms with Crippen molar-refractivity contribution in [1.29, 1.82) is 0 Å². The number of amides is 1. The number of benzene rings is 2. The first-order chi connectivity index (χ1) is 13.5. The fourth-order valence-corrected chi connectivity index (χ4v) is 4.91. The number of piperidine rings is 1. The molecular formula is C23H26FNO3. The Kier molecular flexibility index (Phi) is 5.11. The summed E-state index contributed by atoms with van der Waals surface area (Å²) >= 11 is 0. The van der Waals surface area contributed by atoms with Crippen LogP contribution in [-0.2, 0) is 0 Å². The van der Waals surface area contributed by atoms with Gasteiger partial charge in [0.2, 0.25) is 0 Å². The zero-order valence-electron chi connectivity index (χ0n) is 16.1. The molecule has 2 aromatic rings. The van der Waals surface area contributed by atoms with E-state index in [9.17, 15) is 14.3 Å². The number of aliphatic hydroxyl groups is 1. The maximum Gasteiger partial charge on any atom is 0.254 e. The third-order valence-electron chi connectivity index (χ3n) is 6.36. The van der Waals surface area contributed by atoms with Crippen molar-refractivity contribution in [2.24, 2.45) is 5.92 Å². The van der Waals surface area contributed by atoms with Crippen LogP contribution >= 0.6 is 0 Å². The van der Waals surface area contributed by atoms with Crippen LogP contribution in [0.15, 0.2) is 48.5 Å². The van der Waals surface area contributed by atoms with Crippen LogP contribution in [0.1, 0.15) is 54.1 Å². The molecule has 4 rings (SSSR count). The van der Waals surface area contributed by atoms with Gasteiger partial charge in [0.15, 0.2) is 0 Å². The molecule has 1 heterocycles. The normalized spacial score (nSPS) is 27.2. The number of carbonyl (C=O) groups excluding carboxylic acids is 1. The summed E-state index contributed by atoms with van der Waals surface area (Å²) in [5, 5.41) is 11.3. The third-order valence-corrected chi connectivity index (χ3v) is 6.36. The first-order valence-corrected chi connectivity index (χ1v) is 9.95. The minimum absolute atomic E-state index is 0.0269. The quantitative estimate of drug-likeness (QED) is 0.858. The predicted molar refractivity (Wildman–Crippen MR) is 105 cm³/mol. The van der Waals surface area contributed by atoms with Crippen LogP contribution in [0.25, 0.3) is 0 Å². The molecule has 28 heavy (non-hydrogen) atoms. The largest absolute Gasteiger partial charge is 0.497 e. The highest BCUT2D eigenvalue weighted by atomic mass is 19.1. The summed E-state index contributed by atoms with van der Waals surface area (Å²) in [4.78, 5) is 15.1. The van der Waals surface area contributed by atoms with E-state index in [1.165, 1.54) is 12.1 Å². The van der Waals surface area contributed by atoms with Crippen molar-refractivity contribution in [3.8, 4) is 5.75 Å². The number of methoxy groups -OCH3 is 1. The molecule has 2 aliphatic rings. The van der Waals surface area contributed by atoms with E-state index in [1.807, 2.05) is 29.2 Å². The van der Waals surface area contributed by atoms with Gasteiger partial charge in [-0.3, -0.25) is 4.79 Å². The topological polar surface area (TPSA) is 49.8 Å². The van der Waals surface area contributed by atoms with Crippen LogP contribution in [0.2, 0.25) is 0 Å². The summed E-state index contributed by atoms with van der Waals surface area (Å²) in [5.74, 6) is 0.119. The summed E-state index contributed by atoms with van der Waals surface area (Å²) in [6.45, 7) is 0.457. The fourth-order valence-electron chi connectivity index (χ4n) is 4.91. The van der Waals surface area contributed by atoms with E-state index in [4.69, 9.17) is 4.74 Å². The number of nitrogens with zero attached hydrogens (tertiary/aromatic N) is 1. The number of fused-ring (bicyclic) bond motifs is 1. The van der Waals surface area contributed by atoms with Crippen LogP contribution in [0, 0.1) is 11.7 Å². The van der Waals surface area contributed by atoms with Gasteiger partial charge in [0, 0.05) is 18.0 Å². The van der Waals surface area contributed by atoms with Gasteiger partial charge in [-0.15, -0.1) is 0 Å². The van der Waals surface area contributed by atoms with Crippen LogP contribution in [0.4, 0.5) is 4.39 Å².